The Kier molecular flexibility index (Phi) is 4.47. The van der Waals surface area contributed by atoms with Gasteiger partial charge in [-0.15, -0.1) is 0 Å². The third-order valence-corrected chi connectivity index (χ3v) is 4.55. The van der Waals surface area contributed by atoms with Crippen LogP contribution in [0, 0.1) is 0 Å². The zero-order valence-electron chi connectivity index (χ0n) is 13.3. The van der Waals surface area contributed by atoms with Gasteiger partial charge in [-0.3, -0.25) is 0 Å². The van der Waals surface area contributed by atoms with Crippen LogP contribution < -0.4 is 10.6 Å². The molecule has 4 rings (SSSR count). The lowest BCUT2D eigenvalue weighted by Gasteiger charge is -2.13. The third-order valence-electron chi connectivity index (χ3n) is 3.92. The van der Waals surface area contributed by atoms with Crippen LogP contribution in [0.2, 0.25) is 10.0 Å². The van der Waals surface area contributed by atoms with Crippen molar-refractivity contribution in [3.8, 4) is 11.3 Å². The van der Waals surface area contributed by atoms with Gasteiger partial charge in [0.05, 0.1) is 21.4 Å². The fourth-order valence-corrected chi connectivity index (χ4v) is 2.98. The van der Waals surface area contributed by atoms with Crippen molar-refractivity contribution in [2.45, 2.75) is 18.9 Å². The summed E-state index contributed by atoms with van der Waals surface area (Å²) in [5.74, 6) is 1.25. The lowest BCUT2D eigenvalue weighted by Crippen LogP contribution is -2.08. The topological polar surface area (TPSA) is 49.8 Å². The number of benzene rings is 2. The van der Waals surface area contributed by atoms with E-state index < -0.39 is 0 Å². The second-order valence-corrected chi connectivity index (χ2v) is 6.78. The highest BCUT2D eigenvalue weighted by Gasteiger charge is 2.22. The fraction of sp³-hybridized carbons (Fsp3) is 0.158. The van der Waals surface area contributed by atoms with E-state index in [2.05, 4.69) is 20.6 Å². The van der Waals surface area contributed by atoms with Crippen LogP contribution in [0.1, 0.15) is 12.8 Å². The van der Waals surface area contributed by atoms with E-state index in [4.69, 9.17) is 23.2 Å². The zero-order valence-corrected chi connectivity index (χ0v) is 14.8. The molecule has 0 amide bonds. The van der Waals surface area contributed by atoms with Gasteiger partial charge >= 0.3 is 0 Å². The zero-order chi connectivity index (χ0) is 17.2. The number of nitrogens with one attached hydrogen (secondary N) is 2. The van der Waals surface area contributed by atoms with Gasteiger partial charge < -0.3 is 10.6 Å². The number of halogens is 2. The standard InChI is InChI=1S/C19H16Cl2N4/c20-14-7-4-8-15(21)18(14)24-17-11-16(12-5-2-1-3-6-12)23-19(25-17)22-13-9-10-13/h1-8,11,13H,9-10H2,(H2,22,23,24,25). The summed E-state index contributed by atoms with van der Waals surface area (Å²) in [6, 6.07) is 17.8. The van der Waals surface area contributed by atoms with E-state index in [1.165, 1.54) is 0 Å². The number of para-hydroxylation sites is 1. The normalized spacial score (nSPS) is 13.5. The van der Waals surface area contributed by atoms with Gasteiger partial charge in [0.25, 0.3) is 0 Å². The number of rotatable bonds is 5. The lowest BCUT2D eigenvalue weighted by atomic mass is 10.1. The van der Waals surface area contributed by atoms with Crippen molar-refractivity contribution in [1.29, 1.82) is 0 Å². The van der Waals surface area contributed by atoms with Crippen molar-refractivity contribution >= 4 is 40.7 Å². The second kappa shape index (κ2) is 6.90. The highest BCUT2D eigenvalue weighted by Crippen LogP contribution is 2.33. The molecule has 2 aromatic carbocycles. The maximum atomic E-state index is 6.26. The third kappa shape index (κ3) is 3.86. The molecule has 0 atom stereocenters. The summed E-state index contributed by atoms with van der Waals surface area (Å²) in [4.78, 5) is 9.21. The SMILES string of the molecule is Clc1cccc(Cl)c1Nc1cc(-c2ccccc2)nc(NC2CC2)n1. The Morgan fingerprint density at radius 3 is 2.28 bits per heavy atom. The molecule has 25 heavy (non-hydrogen) atoms. The second-order valence-electron chi connectivity index (χ2n) is 5.97. The molecule has 3 aromatic rings. The van der Waals surface area contributed by atoms with Crippen LogP contribution in [0.4, 0.5) is 17.5 Å². The van der Waals surface area contributed by atoms with E-state index >= 15 is 0 Å². The average Bonchev–Trinajstić information content (AvgIpc) is 3.43. The summed E-state index contributed by atoms with van der Waals surface area (Å²) in [6.45, 7) is 0. The maximum absolute atomic E-state index is 6.26. The smallest absolute Gasteiger partial charge is 0.225 e. The van der Waals surface area contributed by atoms with Crippen LogP contribution in [-0.2, 0) is 0 Å². The first-order valence-electron chi connectivity index (χ1n) is 8.11. The molecule has 2 N–H and O–H groups in total. The molecule has 0 unspecified atom stereocenters. The van der Waals surface area contributed by atoms with Crippen LogP contribution in [0.5, 0.6) is 0 Å². The predicted molar refractivity (Wildman–Crippen MR) is 104 cm³/mol. The van der Waals surface area contributed by atoms with E-state index in [9.17, 15) is 0 Å². The molecule has 0 bridgehead atoms. The van der Waals surface area contributed by atoms with Crippen molar-refractivity contribution < 1.29 is 0 Å². The molecular weight excluding hydrogens is 355 g/mol. The first-order chi connectivity index (χ1) is 12.2. The van der Waals surface area contributed by atoms with Crippen LogP contribution in [0.25, 0.3) is 11.3 Å². The quantitative estimate of drug-likeness (QED) is 0.598. The monoisotopic (exact) mass is 370 g/mol. The summed E-state index contributed by atoms with van der Waals surface area (Å²) in [7, 11) is 0. The molecule has 1 saturated carbocycles. The summed E-state index contributed by atoms with van der Waals surface area (Å²) < 4.78 is 0. The van der Waals surface area contributed by atoms with Crippen LogP contribution in [0.3, 0.4) is 0 Å². The molecule has 1 aromatic heterocycles. The molecule has 126 valence electrons. The number of aromatic nitrogens is 2. The molecule has 1 aliphatic carbocycles. The molecule has 0 spiro atoms. The number of nitrogens with zero attached hydrogens (tertiary/aromatic N) is 2. The Balaban J connectivity index is 1.73. The number of anilines is 3. The first kappa shape index (κ1) is 16.2. The van der Waals surface area contributed by atoms with Crippen LogP contribution >= 0.6 is 23.2 Å². The molecule has 1 fully saturated rings. The minimum absolute atomic E-state index is 0.461. The summed E-state index contributed by atoms with van der Waals surface area (Å²) >= 11 is 12.5. The van der Waals surface area contributed by atoms with Gasteiger partial charge in [-0.2, -0.15) is 4.98 Å². The molecule has 1 heterocycles. The first-order valence-corrected chi connectivity index (χ1v) is 8.87. The van der Waals surface area contributed by atoms with Crippen molar-refractivity contribution in [3.05, 3.63) is 64.6 Å². The number of hydrogen-bond donors (Lipinski definition) is 2. The molecule has 4 nitrogen and oxygen atoms in total. The van der Waals surface area contributed by atoms with Crippen LogP contribution in [0.15, 0.2) is 54.6 Å². The highest BCUT2D eigenvalue weighted by atomic mass is 35.5. The molecule has 0 radical (unpaired) electrons. The van der Waals surface area contributed by atoms with E-state index in [1.807, 2.05) is 42.5 Å². The summed E-state index contributed by atoms with van der Waals surface area (Å²) in [5.41, 5.74) is 2.50. The van der Waals surface area contributed by atoms with Gasteiger partial charge in [-0.25, -0.2) is 4.98 Å². The van der Waals surface area contributed by atoms with Gasteiger partial charge in [-0.05, 0) is 25.0 Å². The molecule has 0 saturated heterocycles. The Morgan fingerprint density at radius 1 is 0.880 bits per heavy atom. The minimum Gasteiger partial charge on any atom is -0.351 e. The van der Waals surface area contributed by atoms with E-state index in [-0.39, 0.29) is 0 Å². The van der Waals surface area contributed by atoms with Crippen molar-refractivity contribution in [1.82, 2.24) is 9.97 Å². The van der Waals surface area contributed by atoms with Crippen molar-refractivity contribution in [3.63, 3.8) is 0 Å². The maximum Gasteiger partial charge on any atom is 0.225 e. The Hall–Kier alpha value is -2.30. The van der Waals surface area contributed by atoms with E-state index in [0.717, 1.165) is 24.1 Å². The van der Waals surface area contributed by atoms with E-state index in [1.54, 1.807) is 12.1 Å². The summed E-state index contributed by atoms with van der Waals surface area (Å²) in [5, 5.41) is 7.67. The molecule has 1 aliphatic rings. The van der Waals surface area contributed by atoms with Crippen LogP contribution in [-0.4, -0.2) is 16.0 Å². The lowest BCUT2D eigenvalue weighted by molar-refractivity contribution is 1.06. The Labute approximate surface area is 156 Å². The molecule has 0 aliphatic heterocycles. The average molecular weight is 371 g/mol. The number of hydrogen-bond acceptors (Lipinski definition) is 4. The van der Waals surface area contributed by atoms with Gasteiger partial charge in [-0.1, -0.05) is 59.6 Å². The van der Waals surface area contributed by atoms with E-state index in [0.29, 0.717) is 33.5 Å². The fourth-order valence-electron chi connectivity index (χ4n) is 2.49. The summed E-state index contributed by atoms with van der Waals surface area (Å²) in [6.07, 6.45) is 2.30. The van der Waals surface area contributed by atoms with Crippen molar-refractivity contribution in [2.75, 3.05) is 10.6 Å². The largest absolute Gasteiger partial charge is 0.351 e. The van der Waals surface area contributed by atoms with Crippen molar-refractivity contribution in [2.24, 2.45) is 0 Å². The Bertz CT molecular complexity index is 875. The van der Waals surface area contributed by atoms with Gasteiger partial charge in [0, 0.05) is 17.7 Å². The van der Waals surface area contributed by atoms with Gasteiger partial charge in [0.15, 0.2) is 0 Å². The highest BCUT2D eigenvalue weighted by molar-refractivity contribution is 6.39. The van der Waals surface area contributed by atoms with Gasteiger partial charge in [0.1, 0.15) is 5.82 Å². The Morgan fingerprint density at radius 2 is 1.60 bits per heavy atom. The molecule has 6 heteroatoms. The predicted octanol–water partition coefficient (Wildman–Crippen LogP) is 5.77. The molecular formula is C19H16Cl2N4. The minimum atomic E-state index is 0.461. The van der Waals surface area contributed by atoms with Gasteiger partial charge in [0.2, 0.25) is 5.95 Å².